The highest BCUT2D eigenvalue weighted by molar-refractivity contribution is 7.91. The molecular formula is C12H13FO5S. The van der Waals surface area contributed by atoms with Gasteiger partial charge < -0.3 is 10.2 Å². The van der Waals surface area contributed by atoms with E-state index in [9.17, 15) is 27.8 Å². The molecule has 19 heavy (non-hydrogen) atoms. The molecule has 0 aromatic heterocycles. The molecule has 1 aliphatic carbocycles. The van der Waals surface area contributed by atoms with Crippen LogP contribution in [-0.4, -0.2) is 42.7 Å². The summed E-state index contributed by atoms with van der Waals surface area (Å²) in [5.41, 5.74) is -1.33. The summed E-state index contributed by atoms with van der Waals surface area (Å²) in [6.07, 6.45) is 0.939. The molecule has 7 heteroatoms. The highest BCUT2D eigenvalue weighted by Gasteiger charge is 2.74. The molecule has 5 nitrogen and oxygen atoms in total. The van der Waals surface area contributed by atoms with Crippen LogP contribution in [0.4, 0.5) is 4.39 Å². The molecular weight excluding hydrogens is 275 g/mol. The van der Waals surface area contributed by atoms with Crippen LogP contribution in [0.25, 0.3) is 0 Å². The molecule has 0 saturated heterocycles. The van der Waals surface area contributed by atoms with E-state index in [4.69, 9.17) is 0 Å². The molecule has 104 valence electrons. The minimum Gasteiger partial charge on any atom is -0.481 e. The predicted octanol–water partition coefficient (Wildman–Crippen LogP) is 0.399. The Hall–Kier alpha value is -1.47. The number of hydrogen-bond donors (Lipinski definition) is 2. The molecule has 2 N–H and O–H groups in total. The number of hydrogen-bond acceptors (Lipinski definition) is 4. The molecule has 0 amide bonds. The molecule has 1 saturated carbocycles. The zero-order chi connectivity index (χ0) is 14.4. The van der Waals surface area contributed by atoms with Gasteiger partial charge >= 0.3 is 5.97 Å². The van der Waals surface area contributed by atoms with Crippen molar-refractivity contribution >= 4 is 15.8 Å². The van der Waals surface area contributed by atoms with Gasteiger partial charge in [-0.15, -0.1) is 0 Å². The summed E-state index contributed by atoms with van der Waals surface area (Å²) in [7, 11) is -3.64. The Labute approximate surface area is 109 Å². The number of carboxylic acid groups (broad SMARTS) is 1. The summed E-state index contributed by atoms with van der Waals surface area (Å²) in [6.45, 7) is -0.776. The monoisotopic (exact) mass is 288 g/mol. The maximum absolute atomic E-state index is 12.9. The molecule has 1 aromatic carbocycles. The quantitative estimate of drug-likeness (QED) is 0.836. The maximum atomic E-state index is 12.9. The number of aliphatic hydroxyl groups excluding tert-OH is 1. The van der Waals surface area contributed by atoms with E-state index in [1.807, 2.05) is 0 Å². The molecule has 1 aliphatic rings. The zero-order valence-corrected chi connectivity index (χ0v) is 10.9. The lowest BCUT2D eigenvalue weighted by molar-refractivity contribution is -0.145. The van der Waals surface area contributed by atoms with Gasteiger partial charge in [-0.25, -0.2) is 12.8 Å². The molecule has 0 radical (unpaired) electrons. The third kappa shape index (κ3) is 2.02. The van der Waals surface area contributed by atoms with Gasteiger partial charge in [-0.2, -0.15) is 0 Å². The maximum Gasteiger partial charge on any atom is 0.314 e. The van der Waals surface area contributed by atoms with Crippen molar-refractivity contribution in [3.05, 3.63) is 35.6 Å². The van der Waals surface area contributed by atoms with Gasteiger partial charge in [0, 0.05) is 12.2 Å². The van der Waals surface area contributed by atoms with Crippen LogP contribution in [0.3, 0.4) is 0 Å². The summed E-state index contributed by atoms with van der Waals surface area (Å²) < 4.78 is 36.2. The Morgan fingerprint density at radius 2 is 1.89 bits per heavy atom. The van der Waals surface area contributed by atoms with E-state index in [0.29, 0.717) is 5.56 Å². The fourth-order valence-electron chi connectivity index (χ4n) is 2.69. The van der Waals surface area contributed by atoms with E-state index in [-0.39, 0.29) is 0 Å². The highest BCUT2D eigenvalue weighted by atomic mass is 32.2. The Morgan fingerprint density at radius 3 is 2.21 bits per heavy atom. The highest BCUT2D eigenvalue weighted by Crippen LogP contribution is 2.62. The number of carboxylic acids is 1. The Balaban J connectivity index is 2.50. The number of rotatable bonds is 4. The van der Waals surface area contributed by atoms with E-state index in [2.05, 4.69) is 0 Å². The molecule has 1 fully saturated rings. The number of aliphatic hydroxyl groups is 1. The van der Waals surface area contributed by atoms with Gasteiger partial charge in [0.15, 0.2) is 9.84 Å². The van der Waals surface area contributed by atoms with Crippen molar-refractivity contribution in [1.82, 2.24) is 0 Å². The molecule has 0 spiro atoms. The first-order valence-electron chi connectivity index (χ1n) is 5.53. The van der Waals surface area contributed by atoms with Gasteiger partial charge in [0.05, 0.1) is 11.9 Å². The normalized spacial score (nSPS) is 30.1. The van der Waals surface area contributed by atoms with Crippen molar-refractivity contribution in [2.75, 3.05) is 12.9 Å². The molecule has 1 aromatic rings. The topological polar surface area (TPSA) is 91.7 Å². The SMILES string of the molecule is CS(=O)(=O)[C@@H]1[C@@H](c2ccc(F)cc2)[C@@]1(CO)C(=O)O. The number of benzene rings is 1. The van der Waals surface area contributed by atoms with Crippen LogP contribution in [-0.2, 0) is 14.6 Å². The zero-order valence-electron chi connectivity index (χ0n) is 10.1. The van der Waals surface area contributed by atoms with E-state index in [1.54, 1.807) is 0 Å². The molecule has 0 aliphatic heterocycles. The lowest BCUT2D eigenvalue weighted by Gasteiger charge is -2.08. The first-order chi connectivity index (χ1) is 8.75. The second-order valence-electron chi connectivity index (χ2n) is 4.78. The van der Waals surface area contributed by atoms with Crippen molar-refractivity contribution in [1.29, 1.82) is 0 Å². The van der Waals surface area contributed by atoms with Crippen LogP contribution < -0.4 is 0 Å². The second-order valence-corrected chi connectivity index (χ2v) is 6.95. The number of halogens is 1. The van der Waals surface area contributed by atoms with Crippen molar-refractivity contribution in [2.45, 2.75) is 11.2 Å². The minimum absolute atomic E-state index is 0.397. The van der Waals surface area contributed by atoms with Crippen molar-refractivity contribution < 1.29 is 27.8 Å². The van der Waals surface area contributed by atoms with Crippen molar-refractivity contribution in [2.24, 2.45) is 5.41 Å². The van der Waals surface area contributed by atoms with Crippen LogP contribution in [0.15, 0.2) is 24.3 Å². The second kappa shape index (κ2) is 4.28. The van der Waals surface area contributed by atoms with Crippen molar-refractivity contribution in [3.63, 3.8) is 0 Å². The van der Waals surface area contributed by atoms with Gasteiger partial charge in [0.2, 0.25) is 0 Å². The summed E-state index contributed by atoms with van der Waals surface area (Å²) in [4.78, 5) is 11.3. The molecule has 0 heterocycles. The lowest BCUT2D eigenvalue weighted by Crippen LogP contribution is -2.27. The summed E-state index contributed by atoms with van der Waals surface area (Å²) in [5.74, 6) is -2.71. The lowest BCUT2D eigenvalue weighted by atomic mass is 10.0. The van der Waals surface area contributed by atoms with Crippen LogP contribution in [0, 0.1) is 11.2 Å². The largest absolute Gasteiger partial charge is 0.481 e. The smallest absolute Gasteiger partial charge is 0.314 e. The van der Waals surface area contributed by atoms with Crippen molar-refractivity contribution in [3.8, 4) is 0 Å². The summed E-state index contributed by atoms with van der Waals surface area (Å²) >= 11 is 0. The molecule has 0 unspecified atom stereocenters. The van der Waals surface area contributed by atoms with Crippen LogP contribution in [0.2, 0.25) is 0 Å². The minimum atomic E-state index is -3.64. The van der Waals surface area contributed by atoms with Crippen LogP contribution in [0.1, 0.15) is 11.5 Å². The third-order valence-corrected chi connectivity index (χ3v) is 5.22. The summed E-state index contributed by atoms with van der Waals surface area (Å²) in [6, 6.07) is 4.96. The van der Waals surface area contributed by atoms with Gasteiger partial charge in [-0.1, -0.05) is 12.1 Å². The van der Waals surface area contributed by atoms with Gasteiger partial charge in [0.1, 0.15) is 11.2 Å². The number of sulfone groups is 1. The van der Waals surface area contributed by atoms with Gasteiger partial charge in [-0.05, 0) is 17.7 Å². The fraction of sp³-hybridized carbons (Fsp3) is 0.417. The standard InChI is InChI=1S/C12H13FO5S/c1-19(17,18)10-9(12(10,6-14)11(15)16)7-2-4-8(13)5-3-7/h2-5,9-10,14H,6H2,1H3,(H,15,16)/t9-,10-,12-/m1/s1. The molecule has 3 atom stereocenters. The fourth-order valence-corrected chi connectivity index (χ4v) is 4.59. The molecule has 0 bridgehead atoms. The number of aliphatic carboxylic acids is 1. The molecule has 2 rings (SSSR count). The summed E-state index contributed by atoms with van der Waals surface area (Å²) in [5, 5.41) is 17.4. The average molecular weight is 288 g/mol. The number of carbonyl (C=O) groups is 1. The Bertz CT molecular complexity index is 610. The first kappa shape index (κ1) is 14.0. The van der Waals surface area contributed by atoms with Crippen LogP contribution >= 0.6 is 0 Å². The van der Waals surface area contributed by atoms with Crippen LogP contribution in [0.5, 0.6) is 0 Å². The van der Waals surface area contributed by atoms with E-state index in [1.165, 1.54) is 12.1 Å². The Kier molecular flexibility index (Phi) is 3.14. The first-order valence-corrected chi connectivity index (χ1v) is 7.49. The van der Waals surface area contributed by atoms with E-state index >= 15 is 0 Å². The van der Waals surface area contributed by atoms with E-state index < -0.39 is 44.8 Å². The third-order valence-electron chi connectivity index (χ3n) is 3.61. The van der Waals surface area contributed by atoms with Gasteiger partial charge in [-0.3, -0.25) is 4.79 Å². The van der Waals surface area contributed by atoms with E-state index in [0.717, 1.165) is 18.4 Å². The predicted molar refractivity (Wildman–Crippen MR) is 64.9 cm³/mol. The Morgan fingerprint density at radius 1 is 1.37 bits per heavy atom. The average Bonchev–Trinajstić information content (AvgIpc) is 3.00. The van der Waals surface area contributed by atoms with Gasteiger partial charge in [0.25, 0.3) is 0 Å².